The van der Waals surface area contributed by atoms with Crippen LogP contribution in [0.3, 0.4) is 0 Å². The molecule has 0 atom stereocenters. The van der Waals surface area contributed by atoms with Crippen LogP contribution < -0.4 is 4.74 Å². The number of hydrogen-bond donors (Lipinski definition) is 1. The van der Waals surface area contributed by atoms with E-state index in [-0.39, 0.29) is 0 Å². The van der Waals surface area contributed by atoms with Crippen molar-refractivity contribution < 1.29 is 9.94 Å². The quantitative estimate of drug-likeness (QED) is 0.0913. The zero-order valence-corrected chi connectivity index (χ0v) is 20.4. The van der Waals surface area contributed by atoms with Gasteiger partial charge in [0.15, 0.2) is 0 Å². The van der Waals surface area contributed by atoms with Crippen LogP contribution in [-0.2, 0) is 0 Å². The van der Waals surface area contributed by atoms with Gasteiger partial charge in [-0.15, -0.1) is 0 Å². The lowest BCUT2D eigenvalue weighted by Crippen LogP contribution is -2.13. The third kappa shape index (κ3) is 10.5. The van der Waals surface area contributed by atoms with Crippen LogP contribution in [0.15, 0.2) is 29.4 Å². The van der Waals surface area contributed by atoms with E-state index in [0.717, 1.165) is 24.3 Å². The summed E-state index contributed by atoms with van der Waals surface area (Å²) in [6, 6.07) is 7.80. The lowest BCUT2D eigenvalue weighted by molar-refractivity contribution is 0.306. The molecule has 0 aromatic heterocycles. The van der Waals surface area contributed by atoms with Crippen molar-refractivity contribution in [3.05, 3.63) is 29.8 Å². The summed E-state index contributed by atoms with van der Waals surface area (Å²) in [6.07, 6.45) is 18.2. The summed E-state index contributed by atoms with van der Waals surface area (Å²) < 4.78 is 5.91. The van der Waals surface area contributed by atoms with Gasteiger partial charge in [0.2, 0.25) is 0 Å². The van der Waals surface area contributed by atoms with E-state index in [0.29, 0.717) is 5.71 Å². The molecule has 0 radical (unpaired) electrons. The SMILES string of the molecule is CCCC[P+](CCCC)(CCCC)CCCCCOc1ccc(/C(C)=N\O)cc1. The average molecular weight is 423 g/mol. The summed E-state index contributed by atoms with van der Waals surface area (Å²) in [5, 5.41) is 12.1. The molecule has 1 aromatic carbocycles. The van der Waals surface area contributed by atoms with Gasteiger partial charge in [0, 0.05) is 7.26 Å². The van der Waals surface area contributed by atoms with Gasteiger partial charge in [-0.3, -0.25) is 0 Å². The lowest BCUT2D eigenvalue weighted by atomic mass is 10.1. The predicted molar refractivity (Wildman–Crippen MR) is 131 cm³/mol. The summed E-state index contributed by atoms with van der Waals surface area (Å²) in [4.78, 5) is 0. The highest BCUT2D eigenvalue weighted by atomic mass is 31.2. The van der Waals surface area contributed by atoms with Gasteiger partial charge in [-0.1, -0.05) is 45.2 Å². The van der Waals surface area contributed by atoms with Crippen molar-refractivity contribution in [2.24, 2.45) is 5.16 Å². The van der Waals surface area contributed by atoms with Crippen molar-refractivity contribution >= 4 is 13.0 Å². The van der Waals surface area contributed by atoms with E-state index in [1.54, 1.807) is 6.92 Å². The smallest absolute Gasteiger partial charge is 0.119 e. The van der Waals surface area contributed by atoms with Gasteiger partial charge in [0.1, 0.15) is 5.75 Å². The minimum absolute atomic E-state index is 0.623. The van der Waals surface area contributed by atoms with E-state index >= 15 is 0 Å². The Bertz CT molecular complexity index is 535. The fourth-order valence-corrected chi connectivity index (χ4v) is 9.11. The van der Waals surface area contributed by atoms with Crippen molar-refractivity contribution in [3.8, 4) is 5.75 Å². The maximum atomic E-state index is 8.84. The molecular weight excluding hydrogens is 377 g/mol. The molecule has 0 aliphatic carbocycles. The molecule has 0 heterocycles. The van der Waals surface area contributed by atoms with Crippen LogP contribution in [-0.4, -0.2) is 42.2 Å². The standard InChI is InChI=1S/C25H44NO2P/c1-5-8-19-29(20-9-6-2,21-10-7-3)22-13-11-12-18-28-25-16-14-24(15-17-25)23(4)26-27/h14-17H,5-13,18-22H2,1-4H3/p+1/b26-23-. The zero-order valence-electron chi connectivity index (χ0n) is 19.5. The Morgan fingerprint density at radius 1 is 0.793 bits per heavy atom. The Balaban J connectivity index is 2.41. The van der Waals surface area contributed by atoms with Gasteiger partial charge in [-0.25, -0.2) is 0 Å². The first-order valence-corrected chi connectivity index (χ1v) is 14.4. The topological polar surface area (TPSA) is 41.8 Å². The van der Waals surface area contributed by atoms with Crippen molar-refractivity contribution in [2.45, 2.75) is 85.5 Å². The van der Waals surface area contributed by atoms with Gasteiger partial charge in [-0.05, 0) is 75.3 Å². The fraction of sp³-hybridized carbons (Fsp3) is 0.720. The van der Waals surface area contributed by atoms with Crippen LogP contribution >= 0.6 is 7.26 Å². The first-order valence-electron chi connectivity index (χ1n) is 11.9. The van der Waals surface area contributed by atoms with Crippen LogP contribution in [0.1, 0.15) is 91.0 Å². The van der Waals surface area contributed by atoms with E-state index in [2.05, 4.69) is 25.9 Å². The highest BCUT2D eigenvalue weighted by molar-refractivity contribution is 7.75. The molecule has 3 nitrogen and oxygen atoms in total. The number of hydrogen-bond acceptors (Lipinski definition) is 3. The summed E-state index contributed by atoms with van der Waals surface area (Å²) in [7, 11) is -0.743. The Kier molecular flexibility index (Phi) is 14.1. The highest BCUT2D eigenvalue weighted by Gasteiger charge is 2.34. The van der Waals surface area contributed by atoms with Crippen molar-refractivity contribution in [1.29, 1.82) is 0 Å². The molecule has 0 bridgehead atoms. The van der Waals surface area contributed by atoms with E-state index in [1.807, 2.05) is 24.3 Å². The van der Waals surface area contributed by atoms with Gasteiger partial charge in [0.25, 0.3) is 0 Å². The molecule has 4 heteroatoms. The molecule has 166 valence electrons. The second kappa shape index (κ2) is 15.7. The van der Waals surface area contributed by atoms with Crippen LogP contribution in [0.25, 0.3) is 0 Å². The number of ether oxygens (including phenoxy) is 1. The maximum absolute atomic E-state index is 8.84. The Morgan fingerprint density at radius 2 is 1.31 bits per heavy atom. The average Bonchev–Trinajstić information content (AvgIpc) is 2.76. The van der Waals surface area contributed by atoms with Crippen LogP contribution in [0.2, 0.25) is 0 Å². The normalized spacial score (nSPS) is 12.3. The number of nitrogens with zero attached hydrogens (tertiary/aromatic N) is 1. The molecule has 0 saturated heterocycles. The first-order chi connectivity index (χ1) is 14.1. The summed E-state index contributed by atoms with van der Waals surface area (Å²) in [6.45, 7) is 9.61. The first kappa shape index (κ1) is 26.0. The minimum atomic E-state index is -0.743. The molecule has 0 amide bonds. The second-order valence-electron chi connectivity index (χ2n) is 8.42. The van der Waals surface area contributed by atoms with Crippen LogP contribution in [0.5, 0.6) is 5.75 Å². The van der Waals surface area contributed by atoms with E-state index in [9.17, 15) is 0 Å². The third-order valence-electron chi connectivity index (χ3n) is 5.93. The largest absolute Gasteiger partial charge is 0.494 e. The van der Waals surface area contributed by atoms with Crippen LogP contribution in [0.4, 0.5) is 0 Å². The maximum Gasteiger partial charge on any atom is 0.119 e. The number of oxime groups is 1. The van der Waals surface area contributed by atoms with Gasteiger partial charge < -0.3 is 9.94 Å². The molecule has 1 rings (SSSR count). The highest BCUT2D eigenvalue weighted by Crippen LogP contribution is 2.61. The second-order valence-corrected chi connectivity index (χ2v) is 12.9. The van der Waals surface area contributed by atoms with Gasteiger partial charge in [-0.2, -0.15) is 0 Å². The van der Waals surface area contributed by atoms with Crippen molar-refractivity contribution in [3.63, 3.8) is 0 Å². The molecular formula is C25H45NO2P+. The number of rotatable bonds is 17. The predicted octanol–water partition coefficient (Wildman–Crippen LogP) is 7.85. The molecule has 0 aliphatic heterocycles. The Hall–Kier alpha value is -1.08. The molecule has 0 saturated carbocycles. The third-order valence-corrected chi connectivity index (χ3v) is 11.0. The monoisotopic (exact) mass is 422 g/mol. The van der Waals surface area contributed by atoms with Crippen LogP contribution in [0, 0.1) is 0 Å². The van der Waals surface area contributed by atoms with Crippen molar-refractivity contribution in [1.82, 2.24) is 0 Å². The van der Waals surface area contributed by atoms with E-state index in [1.165, 1.54) is 76.0 Å². The number of benzene rings is 1. The molecule has 1 aromatic rings. The molecule has 29 heavy (non-hydrogen) atoms. The number of unbranched alkanes of at least 4 members (excludes halogenated alkanes) is 5. The minimum Gasteiger partial charge on any atom is -0.494 e. The molecule has 0 unspecified atom stereocenters. The Labute approximate surface area is 180 Å². The molecule has 0 spiro atoms. The van der Waals surface area contributed by atoms with Gasteiger partial charge >= 0.3 is 0 Å². The fourth-order valence-electron chi connectivity index (χ4n) is 3.92. The molecule has 0 fully saturated rings. The van der Waals surface area contributed by atoms with Crippen molar-refractivity contribution in [2.75, 3.05) is 31.3 Å². The lowest BCUT2D eigenvalue weighted by Gasteiger charge is -2.28. The summed E-state index contributed by atoms with van der Waals surface area (Å²) in [5.41, 5.74) is 1.55. The molecule has 1 N–H and O–H groups in total. The molecule has 0 aliphatic rings. The Morgan fingerprint density at radius 3 is 1.79 bits per heavy atom. The summed E-state index contributed by atoms with van der Waals surface area (Å²) in [5.74, 6) is 0.898. The van der Waals surface area contributed by atoms with Gasteiger partial charge in [0.05, 0.1) is 37.0 Å². The summed E-state index contributed by atoms with van der Waals surface area (Å²) >= 11 is 0. The van der Waals surface area contributed by atoms with E-state index in [4.69, 9.17) is 9.94 Å². The van der Waals surface area contributed by atoms with E-state index < -0.39 is 7.26 Å². The zero-order chi connectivity index (χ0) is 21.4.